The lowest BCUT2D eigenvalue weighted by Gasteiger charge is -2.35. The van der Waals surface area contributed by atoms with Crippen LogP contribution in [0.1, 0.15) is 26.2 Å². The van der Waals surface area contributed by atoms with Gasteiger partial charge in [-0.1, -0.05) is 12.1 Å². The number of benzene rings is 1. The van der Waals surface area contributed by atoms with Crippen LogP contribution in [0, 0.1) is 17.2 Å². The van der Waals surface area contributed by atoms with E-state index in [1.165, 1.54) is 11.8 Å². The van der Waals surface area contributed by atoms with Gasteiger partial charge in [-0.2, -0.15) is 5.26 Å². The van der Waals surface area contributed by atoms with Gasteiger partial charge in [0.05, 0.1) is 17.7 Å². The van der Waals surface area contributed by atoms with Gasteiger partial charge in [-0.25, -0.2) is 0 Å². The van der Waals surface area contributed by atoms with E-state index in [0.717, 1.165) is 50.3 Å². The average Bonchev–Trinajstić information content (AvgIpc) is 3.21. The molecule has 30 heavy (non-hydrogen) atoms. The third kappa shape index (κ3) is 6.21. The normalized spacial score (nSPS) is 21.7. The SMILES string of the molecule is CC(C#N)CSc1ccccc1NC(=O)C(=O)NC1CCN(C2CCN(C)CC2)C1. The van der Waals surface area contributed by atoms with Crippen LogP contribution in [0.15, 0.2) is 29.2 Å². The van der Waals surface area contributed by atoms with E-state index in [0.29, 0.717) is 17.5 Å². The largest absolute Gasteiger partial charge is 0.344 e. The molecule has 1 aromatic rings. The number of rotatable bonds is 6. The van der Waals surface area contributed by atoms with Crippen LogP contribution in [0.2, 0.25) is 0 Å². The van der Waals surface area contributed by atoms with Gasteiger partial charge in [0.25, 0.3) is 0 Å². The molecule has 0 aromatic heterocycles. The molecule has 3 rings (SSSR count). The van der Waals surface area contributed by atoms with E-state index in [-0.39, 0.29) is 12.0 Å². The van der Waals surface area contributed by atoms with E-state index in [4.69, 9.17) is 5.26 Å². The summed E-state index contributed by atoms with van der Waals surface area (Å²) in [5, 5.41) is 14.6. The van der Waals surface area contributed by atoms with Gasteiger partial charge in [-0.15, -0.1) is 11.8 Å². The summed E-state index contributed by atoms with van der Waals surface area (Å²) in [4.78, 5) is 30.6. The van der Waals surface area contributed by atoms with Gasteiger partial charge in [0.1, 0.15) is 0 Å². The number of nitriles is 1. The van der Waals surface area contributed by atoms with Crippen molar-refractivity contribution in [3.63, 3.8) is 0 Å². The molecule has 2 heterocycles. The summed E-state index contributed by atoms with van der Waals surface area (Å²) in [6, 6.07) is 10.2. The first-order valence-corrected chi connectivity index (χ1v) is 11.6. The second kappa shape index (κ2) is 10.8. The third-order valence-corrected chi connectivity index (χ3v) is 7.14. The van der Waals surface area contributed by atoms with Crippen LogP contribution < -0.4 is 10.6 Å². The molecule has 2 aliphatic rings. The number of piperidine rings is 1. The molecule has 0 aliphatic carbocycles. The van der Waals surface area contributed by atoms with Crippen LogP contribution >= 0.6 is 11.8 Å². The highest BCUT2D eigenvalue weighted by Gasteiger charge is 2.31. The Bertz CT molecular complexity index is 788. The minimum Gasteiger partial charge on any atom is -0.344 e. The molecule has 2 aliphatic heterocycles. The first kappa shape index (κ1) is 22.6. The molecule has 8 heteroatoms. The fourth-order valence-electron chi connectivity index (χ4n) is 3.97. The number of thioether (sulfide) groups is 1. The number of carbonyl (C=O) groups is 2. The Kier molecular flexibility index (Phi) is 8.14. The van der Waals surface area contributed by atoms with Crippen molar-refractivity contribution in [3.8, 4) is 6.07 Å². The zero-order valence-electron chi connectivity index (χ0n) is 17.8. The maximum absolute atomic E-state index is 12.5. The molecule has 2 atom stereocenters. The van der Waals surface area contributed by atoms with E-state index >= 15 is 0 Å². The maximum atomic E-state index is 12.5. The number of para-hydroxylation sites is 1. The molecule has 162 valence electrons. The Labute approximate surface area is 183 Å². The molecule has 0 saturated carbocycles. The molecule has 2 saturated heterocycles. The van der Waals surface area contributed by atoms with E-state index in [1.54, 1.807) is 6.07 Å². The van der Waals surface area contributed by atoms with Gasteiger partial charge in [-0.05, 0) is 58.5 Å². The van der Waals surface area contributed by atoms with Crippen LogP contribution in [0.5, 0.6) is 0 Å². The van der Waals surface area contributed by atoms with Crippen molar-refractivity contribution in [2.45, 2.75) is 43.2 Å². The Morgan fingerprint density at radius 2 is 1.93 bits per heavy atom. The van der Waals surface area contributed by atoms with Crippen molar-refractivity contribution in [2.75, 3.05) is 44.3 Å². The Hall–Kier alpha value is -2.08. The smallest absolute Gasteiger partial charge is 0.313 e. The number of carbonyl (C=O) groups excluding carboxylic acids is 2. The maximum Gasteiger partial charge on any atom is 0.313 e. The zero-order valence-corrected chi connectivity index (χ0v) is 18.6. The lowest BCUT2D eigenvalue weighted by atomic mass is 10.0. The molecular weight excluding hydrogens is 398 g/mol. The van der Waals surface area contributed by atoms with Crippen LogP contribution in [0.3, 0.4) is 0 Å². The van der Waals surface area contributed by atoms with Crippen LogP contribution in [0.4, 0.5) is 5.69 Å². The Morgan fingerprint density at radius 3 is 2.67 bits per heavy atom. The molecule has 0 bridgehead atoms. The lowest BCUT2D eigenvalue weighted by molar-refractivity contribution is -0.136. The van der Waals surface area contributed by atoms with E-state index in [9.17, 15) is 9.59 Å². The third-order valence-electron chi connectivity index (χ3n) is 5.81. The minimum absolute atomic E-state index is 0.0176. The fourth-order valence-corrected chi connectivity index (χ4v) is 4.93. The minimum atomic E-state index is -0.644. The predicted octanol–water partition coefficient (Wildman–Crippen LogP) is 2.16. The van der Waals surface area contributed by atoms with Gasteiger partial charge in [0, 0.05) is 35.8 Å². The molecule has 2 fully saturated rings. The molecule has 2 N–H and O–H groups in total. The standard InChI is InChI=1S/C22H31N5O2S/c1-16(13-23)15-30-20-6-4-3-5-19(20)25-22(29)21(28)24-17-7-12-27(14-17)18-8-10-26(2)11-9-18/h3-6,16-18H,7-12,14-15H2,1-2H3,(H,24,28)(H,25,29). The number of nitrogens with one attached hydrogen (secondary N) is 2. The van der Waals surface area contributed by atoms with Crippen LogP contribution in [0.25, 0.3) is 0 Å². The quantitative estimate of drug-likeness (QED) is 0.532. The number of likely N-dealkylation sites (tertiary alicyclic amines) is 2. The number of anilines is 1. The fraction of sp³-hybridized carbons (Fsp3) is 0.591. The molecule has 2 amide bonds. The second-order valence-corrected chi connectivity index (χ2v) is 9.34. The van der Waals surface area contributed by atoms with Crippen molar-refractivity contribution in [3.05, 3.63) is 24.3 Å². The van der Waals surface area contributed by atoms with Gasteiger partial charge in [-0.3, -0.25) is 14.5 Å². The number of hydrogen-bond acceptors (Lipinski definition) is 6. The topological polar surface area (TPSA) is 88.5 Å². The molecule has 2 unspecified atom stereocenters. The first-order chi connectivity index (χ1) is 14.5. The van der Waals surface area contributed by atoms with E-state index < -0.39 is 11.8 Å². The van der Waals surface area contributed by atoms with Crippen molar-refractivity contribution >= 4 is 29.3 Å². The summed E-state index contributed by atoms with van der Waals surface area (Å²) in [6.07, 6.45) is 3.21. The van der Waals surface area contributed by atoms with Crippen molar-refractivity contribution in [1.82, 2.24) is 15.1 Å². The van der Waals surface area contributed by atoms with Crippen molar-refractivity contribution < 1.29 is 9.59 Å². The number of nitrogens with zero attached hydrogens (tertiary/aromatic N) is 3. The number of amides is 2. The summed E-state index contributed by atoms with van der Waals surface area (Å²) in [5.41, 5.74) is 0.604. The van der Waals surface area contributed by atoms with Gasteiger partial charge < -0.3 is 15.5 Å². The summed E-state index contributed by atoms with van der Waals surface area (Å²) in [6.45, 7) is 5.87. The van der Waals surface area contributed by atoms with E-state index in [2.05, 4.69) is 33.6 Å². The summed E-state index contributed by atoms with van der Waals surface area (Å²) < 4.78 is 0. The first-order valence-electron chi connectivity index (χ1n) is 10.6. The number of hydrogen-bond donors (Lipinski definition) is 2. The van der Waals surface area contributed by atoms with Crippen molar-refractivity contribution in [1.29, 1.82) is 5.26 Å². The second-order valence-electron chi connectivity index (χ2n) is 8.28. The highest BCUT2D eigenvalue weighted by Crippen LogP contribution is 2.28. The van der Waals surface area contributed by atoms with Crippen LogP contribution in [-0.4, -0.2) is 72.7 Å². The Morgan fingerprint density at radius 1 is 1.20 bits per heavy atom. The summed E-state index contributed by atoms with van der Waals surface area (Å²) in [5.74, 6) is -0.689. The van der Waals surface area contributed by atoms with Crippen molar-refractivity contribution in [2.24, 2.45) is 5.92 Å². The van der Waals surface area contributed by atoms with Crippen LogP contribution in [-0.2, 0) is 9.59 Å². The van der Waals surface area contributed by atoms with Gasteiger partial charge >= 0.3 is 11.8 Å². The summed E-state index contributed by atoms with van der Waals surface area (Å²) in [7, 11) is 2.16. The van der Waals surface area contributed by atoms with Gasteiger partial charge in [0.15, 0.2) is 0 Å². The Balaban J connectivity index is 1.49. The highest BCUT2D eigenvalue weighted by molar-refractivity contribution is 7.99. The molecular formula is C22H31N5O2S. The van der Waals surface area contributed by atoms with Gasteiger partial charge in [0.2, 0.25) is 0 Å². The lowest BCUT2D eigenvalue weighted by Crippen LogP contribution is -2.46. The zero-order chi connectivity index (χ0) is 21.5. The molecule has 0 radical (unpaired) electrons. The van der Waals surface area contributed by atoms with E-state index in [1.807, 2.05) is 25.1 Å². The average molecular weight is 430 g/mol. The predicted molar refractivity (Wildman–Crippen MR) is 119 cm³/mol. The molecule has 7 nitrogen and oxygen atoms in total. The highest BCUT2D eigenvalue weighted by atomic mass is 32.2. The molecule has 1 aromatic carbocycles. The summed E-state index contributed by atoms with van der Waals surface area (Å²) >= 11 is 1.50. The monoisotopic (exact) mass is 429 g/mol. The molecule has 0 spiro atoms.